The monoisotopic (exact) mass is 409 g/mol. The Morgan fingerprint density at radius 3 is 2.31 bits per heavy atom. The highest BCUT2D eigenvalue weighted by molar-refractivity contribution is 5.93. The summed E-state index contributed by atoms with van der Waals surface area (Å²) in [5.74, 6) is -0.665. The number of fused-ring (bicyclic) bond motifs is 1. The molecule has 0 spiro atoms. The molecule has 1 aliphatic heterocycles. The molecule has 0 radical (unpaired) electrons. The van der Waals surface area contributed by atoms with E-state index in [1.807, 2.05) is 6.92 Å². The van der Waals surface area contributed by atoms with Crippen LogP contribution < -0.4 is 24.3 Å². The van der Waals surface area contributed by atoms with Crippen molar-refractivity contribution in [3.8, 4) is 23.0 Å². The lowest BCUT2D eigenvalue weighted by Gasteiger charge is -2.09. The van der Waals surface area contributed by atoms with E-state index in [1.54, 1.807) is 24.3 Å². The van der Waals surface area contributed by atoms with Gasteiger partial charge in [0.05, 0.1) is 6.61 Å². The van der Waals surface area contributed by atoms with E-state index in [0.717, 1.165) is 0 Å². The summed E-state index contributed by atoms with van der Waals surface area (Å²) in [5.41, 5.74) is 0.178. The number of benzene rings is 2. The average Bonchev–Trinajstić information content (AvgIpc) is 2.99. The summed E-state index contributed by atoms with van der Waals surface area (Å²) >= 11 is 0. The number of amides is 1. The van der Waals surface area contributed by atoms with E-state index >= 15 is 0 Å². The van der Waals surface area contributed by atoms with Crippen molar-refractivity contribution < 1.29 is 42.1 Å². The van der Waals surface area contributed by atoms with Gasteiger partial charge in [0.15, 0.2) is 24.7 Å². The highest BCUT2D eigenvalue weighted by Crippen LogP contribution is 2.42. The van der Waals surface area contributed by atoms with Crippen LogP contribution in [-0.4, -0.2) is 38.0 Å². The highest BCUT2D eigenvalue weighted by Gasteiger charge is 2.43. The van der Waals surface area contributed by atoms with Crippen molar-refractivity contribution >= 4 is 17.6 Å². The molecule has 0 atom stereocenters. The van der Waals surface area contributed by atoms with Crippen molar-refractivity contribution in [3.05, 3.63) is 42.5 Å². The maximum Gasteiger partial charge on any atom is 0.586 e. The van der Waals surface area contributed by atoms with Crippen molar-refractivity contribution in [2.45, 2.75) is 13.2 Å². The Morgan fingerprint density at radius 1 is 0.966 bits per heavy atom. The van der Waals surface area contributed by atoms with Gasteiger partial charge >= 0.3 is 12.3 Å². The molecule has 1 amide bonds. The third-order valence-electron chi connectivity index (χ3n) is 3.54. The molecule has 0 saturated carbocycles. The zero-order valence-electron chi connectivity index (χ0n) is 15.3. The molecular weight excluding hydrogens is 392 g/mol. The number of hydrogen-bond acceptors (Lipinski definition) is 7. The first kappa shape index (κ1) is 20.2. The third-order valence-corrected chi connectivity index (χ3v) is 3.54. The maximum absolute atomic E-state index is 13.0. The van der Waals surface area contributed by atoms with E-state index in [1.165, 1.54) is 18.2 Å². The normalized spacial score (nSPS) is 13.5. The summed E-state index contributed by atoms with van der Waals surface area (Å²) in [6.45, 7) is 1.44. The molecule has 0 bridgehead atoms. The summed E-state index contributed by atoms with van der Waals surface area (Å²) in [6, 6.07) is 10.4. The van der Waals surface area contributed by atoms with E-state index < -0.39 is 24.8 Å². The van der Waals surface area contributed by atoms with Gasteiger partial charge in [-0.25, -0.2) is 4.79 Å². The molecule has 1 N–H and O–H groups in total. The standard InChI is InChI=1S/C19H17F2NO7/c1-2-25-13-4-6-14(7-5-13)26-11-18(24)27-10-17(23)22-12-3-8-15-16(9-12)29-19(20,21)28-15/h3-9H,2,10-11H2,1H3,(H,22,23). The first-order valence-corrected chi connectivity index (χ1v) is 8.55. The van der Waals surface area contributed by atoms with Crippen LogP contribution in [0.1, 0.15) is 6.92 Å². The van der Waals surface area contributed by atoms with Crippen LogP contribution in [0.15, 0.2) is 42.5 Å². The quantitative estimate of drug-likeness (QED) is 0.670. The fourth-order valence-electron chi connectivity index (χ4n) is 2.35. The van der Waals surface area contributed by atoms with Crippen LogP contribution in [-0.2, 0) is 14.3 Å². The van der Waals surface area contributed by atoms with Gasteiger partial charge in [-0.3, -0.25) is 4.79 Å². The van der Waals surface area contributed by atoms with Gasteiger partial charge in [0.2, 0.25) is 0 Å². The van der Waals surface area contributed by atoms with E-state index in [-0.39, 0.29) is 23.8 Å². The maximum atomic E-state index is 13.0. The number of halogens is 2. The molecule has 1 heterocycles. The van der Waals surface area contributed by atoms with Gasteiger partial charge in [-0.05, 0) is 43.3 Å². The number of nitrogens with one attached hydrogen (secondary N) is 1. The Balaban J connectivity index is 1.41. The number of carbonyl (C=O) groups excluding carboxylic acids is 2. The van der Waals surface area contributed by atoms with Crippen LogP contribution in [0.3, 0.4) is 0 Å². The van der Waals surface area contributed by atoms with Gasteiger partial charge in [0.1, 0.15) is 11.5 Å². The number of anilines is 1. The van der Waals surface area contributed by atoms with Crippen LogP contribution in [0.4, 0.5) is 14.5 Å². The molecule has 0 aromatic heterocycles. The Kier molecular flexibility index (Phi) is 6.01. The topological polar surface area (TPSA) is 92.3 Å². The molecule has 0 fully saturated rings. The Morgan fingerprint density at radius 2 is 1.62 bits per heavy atom. The van der Waals surface area contributed by atoms with Crippen molar-refractivity contribution in [3.63, 3.8) is 0 Å². The van der Waals surface area contributed by atoms with E-state index in [9.17, 15) is 18.4 Å². The van der Waals surface area contributed by atoms with Gasteiger partial charge in [-0.2, -0.15) is 0 Å². The first-order valence-electron chi connectivity index (χ1n) is 8.55. The zero-order valence-corrected chi connectivity index (χ0v) is 15.3. The second-order valence-corrected chi connectivity index (χ2v) is 5.73. The van der Waals surface area contributed by atoms with Crippen molar-refractivity contribution in [1.29, 1.82) is 0 Å². The van der Waals surface area contributed by atoms with E-state index in [2.05, 4.69) is 14.8 Å². The van der Waals surface area contributed by atoms with Crippen LogP contribution in [0, 0.1) is 0 Å². The van der Waals surface area contributed by atoms with Gasteiger partial charge in [0, 0.05) is 11.8 Å². The summed E-state index contributed by atoms with van der Waals surface area (Å²) in [5, 5.41) is 2.39. The van der Waals surface area contributed by atoms with Gasteiger partial charge in [-0.1, -0.05) is 0 Å². The number of esters is 1. The Bertz CT molecular complexity index is 887. The molecule has 29 heavy (non-hydrogen) atoms. The number of carbonyl (C=O) groups is 2. The molecule has 1 aliphatic rings. The minimum Gasteiger partial charge on any atom is -0.494 e. The van der Waals surface area contributed by atoms with Crippen molar-refractivity contribution in [1.82, 2.24) is 0 Å². The Hall–Kier alpha value is -3.56. The predicted molar refractivity (Wildman–Crippen MR) is 95.3 cm³/mol. The van der Waals surface area contributed by atoms with Gasteiger partial charge in [-0.15, -0.1) is 8.78 Å². The molecule has 8 nitrogen and oxygen atoms in total. The molecule has 2 aromatic rings. The SMILES string of the molecule is CCOc1ccc(OCC(=O)OCC(=O)Nc2ccc3c(c2)OC(F)(F)O3)cc1. The molecule has 0 saturated heterocycles. The minimum absolute atomic E-state index is 0.147. The largest absolute Gasteiger partial charge is 0.586 e. The molecule has 3 rings (SSSR count). The molecule has 0 unspecified atom stereocenters. The van der Waals surface area contributed by atoms with Crippen molar-refractivity contribution in [2.24, 2.45) is 0 Å². The first-order chi connectivity index (χ1) is 13.8. The van der Waals surface area contributed by atoms with Gasteiger partial charge < -0.3 is 29.0 Å². The predicted octanol–water partition coefficient (Wildman–Crippen LogP) is 2.97. The van der Waals surface area contributed by atoms with E-state index in [4.69, 9.17) is 14.2 Å². The summed E-state index contributed by atoms with van der Waals surface area (Å²) in [7, 11) is 0. The fraction of sp³-hybridized carbons (Fsp3) is 0.263. The fourth-order valence-corrected chi connectivity index (χ4v) is 2.35. The lowest BCUT2D eigenvalue weighted by molar-refractivity contribution is -0.286. The number of hydrogen-bond donors (Lipinski definition) is 1. The summed E-state index contributed by atoms with van der Waals surface area (Å²) in [6.07, 6.45) is -3.75. The molecule has 2 aromatic carbocycles. The third kappa shape index (κ3) is 5.71. The number of alkyl halides is 2. The minimum atomic E-state index is -3.75. The Labute approximate surface area is 164 Å². The van der Waals surface area contributed by atoms with E-state index in [0.29, 0.717) is 18.1 Å². The molecular formula is C19H17F2NO7. The second kappa shape index (κ2) is 8.63. The van der Waals surface area contributed by atoms with Crippen LogP contribution in [0.25, 0.3) is 0 Å². The second-order valence-electron chi connectivity index (χ2n) is 5.73. The summed E-state index contributed by atoms with van der Waals surface area (Å²) in [4.78, 5) is 23.6. The van der Waals surface area contributed by atoms with Gasteiger partial charge in [0.25, 0.3) is 5.91 Å². The van der Waals surface area contributed by atoms with Crippen molar-refractivity contribution in [2.75, 3.05) is 25.1 Å². The summed E-state index contributed by atoms with van der Waals surface area (Å²) < 4.78 is 49.9. The lowest BCUT2D eigenvalue weighted by Crippen LogP contribution is -2.26. The zero-order chi connectivity index (χ0) is 20.9. The van der Waals surface area contributed by atoms with Crippen LogP contribution in [0.5, 0.6) is 23.0 Å². The molecule has 154 valence electrons. The smallest absolute Gasteiger partial charge is 0.494 e. The average molecular weight is 409 g/mol. The number of rotatable bonds is 8. The van der Waals surface area contributed by atoms with Crippen LogP contribution in [0.2, 0.25) is 0 Å². The molecule has 0 aliphatic carbocycles. The highest BCUT2D eigenvalue weighted by atomic mass is 19.3. The molecule has 10 heteroatoms. The van der Waals surface area contributed by atoms with Crippen LogP contribution >= 0.6 is 0 Å². The number of ether oxygens (including phenoxy) is 5. The lowest BCUT2D eigenvalue weighted by atomic mass is 10.3.